The van der Waals surface area contributed by atoms with Crippen LogP contribution in [0.3, 0.4) is 0 Å². The molecule has 3 N–H and O–H groups in total. The largest absolute Gasteiger partial charge is 0.494 e. The third kappa shape index (κ3) is 7.94. The molecule has 0 radical (unpaired) electrons. The van der Waals surface area contributed by atoms with Crippen molar-refractivity contribution in [1.29, 1.82) is 0 Å². The van der Waals surface area contributed by atoms with Crippen LogP contribution in [0.25, 0.3) is 0 Å². The van der Waals surface area contributed by atoms with Gasteiger partial charge in [0.1, 0.15) is 23.9 Å². The van der Waals surface area contributed by atoms with Gasteiger partial charge < -0.3 is 25.3 Å². The summed E-state index contributed by atoms with van der Waals surface area (Å²) in [6, 6.07) is 13.5. The van der Waals surface area contributed by atoms with Crippen LogP contribution in [0, 0.1) is 6.92 Å². The van der Waals surface area contributed by atoms with Gasteiger partial charge in [-0.25, -0.2) is 4.99 Å². The summed E-state index contributed by atoms with van der Waals surface area (Å²) >= 11 is 0. The van der Waals surface area contributed by atoms with Crippen molar-refractivity contribution in [2.45, 2.75) is 20.8 Å². The number of nitrogens with zero attached hydrogens (tertiary/aromatic N) is 1. The minimum Gasteiger partial charge on any atom is -0.494 e. The molecule has 0 saturated carbocycles. The van der Waals surface area contributed by atoms with Gasteiger partial charge in [-0.3, -0.25) is 0 Å². The monoisotopic (exact) mass is 485 g/mol. The molecule has 0 unspecified atom stereocenters. The fraction of sp³-hybridized carbons (Fsp3) is 0.350. The van der Waals surface area contributed by atoms with E-state index >= 15 is 0 Å². The fourth-order valence-electron chi connectivity index (χ4n) is 2.36. The number of aryl methyl sites for hydroxylation is 1. The second kappa shape index (κ2) is 12.3. The van der Waals surface area contributed by atoms with E-state index in [4.69, 9.17) is 19.9 Å². The molecule has 0 aliphatic rings. The average Bonchev–Trinajstić information content (AvgIpc) is 2.61. The topological polar surface area (TPSA) is 78.1 Å². The van der Waals surface area contributed by atoms with Crippen LogP contribution in [0.4, 0.5) is 5.69 Å². The number of nitrogens with one attached hydrogen (secondary N) is 1. The number of rotatable bonds is 9. The van der Waals surface area contributed by atoms with E-state index in [-0.39, 0.29) is 24.0 Å². The van der Waals surface area contributed by atoms with Gasteiger partial charge in [0, 0.05) is 6.07 Å². The summed E-state index contributed by atoms with van der Waals surface area (Å²) in [6.07, 6.45) is 0. The second-order valence-corrected chi connectivity index (χ2v) is 5.58. The molecule has 0 saturated heterocycles. The predicted octanol–water partition coefficient (Wildman–Crippen LogP) is 4.22. The highest BCUT2D eigenvalue weighted by Gasteiger charge is 2.07. The number of nitrogens with two attached hydrogens (primary N) is 1. The lowest BCUT2D eigenvalue weighted by molar-refractivity contribution is 0.328. The Balaban J connectivity index is 0.00000364. The van der Waals surface area contributed by atoms with Crippen LogP contribution in [-0.4, -0.2) is 32.3 Å². The van der Waals surface area contributed by atoms with E-state index in [9.17, 15) is 0 Å². The molecule has 0 aromatic heterocycles. The molecule has 2 aromatic carbocycles. The molecule has 27 heavy (non-hydrogen) atoms. The molecule has 0 aliphatic carbocycles. The van der Waals surface area contributed by atoms with E-state index in [0.717, 1.165) is 22.7 Å². The zero-order chi connectivity index (χ0) is 18.8. The van der Waals surface area contributed by atoms with Gasteiger partial charge in [0.05, 0.1) is 25.4 Å². The van der Waals surface area contributed by atoms with Crippen LogP contribution in [0.2, 0.25) is 0 Å². The molecule has 0 spiro atoms. The third-order valence-corrected chi connectivity index (χ3v) is 3.46. The lowest BCUT2D eigenvalue weighted by atomic mass is 10.2. The van der Waals surface area contributed by atoms with Crippen LogP contribution in [0.5, 0.6) is 17.2 Å². The van der Waals surface area contributed by atoms with E-state index in [1.165, 1.54) is 0 Å². The van der Waals surface area contributed by atoms with Crippen molar-refractivity contribution in [1.82, 2.24) is 0 Å². The van der Waals surface area contributed by atoms with Crippen molar-refractivity contribution >= 4 is 35.6 Å². The van der Waals surface area contributed by atoms with Crippen molar-refractivity contribution in [2.24, 2.45) is 10.7 Å². The molecular weight excluding hydrogens is 457 g/mol. The average molecular weight is 485 g/mol. The van der Waals surface area contributed by atoms with Gasteiger partial charge in [0.15, 0.2) is 5.96 Å². The fourth-order valence-corrected chi connectivity index (χ4v) is 2.36. The van der Waals surface area contributed by atoms with Gasteiger partial charge in [0.25, 0.3) is 0 Å². The molecule has 6 nitrogen and oxygen atoms in total. The molecule has 0 aliphatic heterocycles. The van der Waals surface area contributed by atoms with E-state index in [1.54, 1.807) is 0 Å². The Bertz CT molecular complexity index is 738. The minimum absolute atomic E-state index is 0. The van der Waals surface area contributed by atoms with Gasteiger partial charge in [-0.2, -0.15) is 0 Å². The molecule has 2 rings (SSSR count). The summed E-state index contributed by atoms with van der Waals surface area (Å²) in [5, 5.41) is 3.07. The highest BCUT2D eigenvalue weighted by atomic mass is 127. The highest BCUT2D eigenvalue weighted by Crippen LogP contribution is 2.29. The molecule has 0 heterocycles. The predicted molar refractivity (Wildman–Crippen MR) is 121 cm³/mol. The summed E-state index contributed by atoms with van der Waals surface area (Å²) in [5.41, 5.74) is 7.86. The summed E-state index contributed by atoms with van der Waals surface area (Å²) in [5.74, 6) is 2.57. The van der Waals surface area contributed by atoms with Crippen molar-refractivity contribution < 1.29 is 14.2 Å². The molecule has 0 fully saturated rings. The van der Waals surface area contributed by atoms with E-state index in [1.807, 2.05) is 63.2 Å². The van der Waals surface area contributed by atoms with Crippen LogP contribution in [0.1, 0.15) is 19.4 Å². The Morgan fingerprint density at radius 1 is 1.00 bits per heavy atom. The number of halogens is 1. The first-order valence-electron chi connectivity index (χ1n) is 8.78. The summed E-state index contributed by atoms with van der Waals surface area (Å²) in [7, 11) is 0. The normalized spacial score (nSPS) is 10.7. The first kappa shape index (κ1) is 22.9. The zero-order valence-corrected chi connectivity index (χ0v) is 18.4. The highest BCUT2D eigenvalue weighted by molar-refractivity contribution is 14.0. The molecule has 0 amide bonds. The third-order valence-electron chi connectivity index (χ3n) is 3.46. The number of benzene rings is 2. The van der Waals surface area contributed by atoms with Crippen molar-refractivity contribution in [3.8, 4) is 17.2 Å². The molecule has 148 valence electrons. The maximum absolute atomic E-state index is 5.99. The standard InChI is InChI=1S/C20H27N3O3.HI/c1-4-24-17-9-10-19(25-5-2)18(14-17)23-20(21)22-11-12-26-16-8-6-7-15(3)13-16;/h6-10,13-14H,4-5,11-12H2,1-3H3,(H3,21,22,23);1H. The second-order valence-electron chi connectivity index (χ2n) is 5.58. The summed E-state index contributed by atoms with van der Waals surface area (Å²) in [6.45, 7) is 7.94. The molecular formula is C20H28IN3O3. The van der Waals surface area contributed by atoms with Gasteiger partial charge in [-0.1, -0.05) is 12.1 Å². The van der Waals surface area contributed by atoms with Gasteiger partial charge >= 0.3 is 0 Å². The minimum atomic E-state index is 0. The van der Waals surface area contributed by atoms with Gasteiger partial charge in [-0.05, 0) is 50.6 Å². The smallest absolute Gasteiger partial charge is 0.193 e. The number of anilines is 1. The molecule has 0 atom stereocenters. The molecule has 7 heteroatoms. The number of guanidine groups is 1. The Morgan fingerprint density at radius 3 is 2.44 bits per heavy atom. The Hall–Kier alpha value is -2.16. The van der Waals surface area contributed by atoms with Crippen molar-refractivity contribution in [3.63, 3.8) is 0 Å². The SMILES string of the molecule is CCOc1ccc(OCC)c(NC(N)=NCCOc2cccc(C)c2)c1.I. The van der Waals surface area contributed by atoms with Crippen molar-refractivity contribution in [2.75, 3.05) is 31.7 Å². The number of aliphatic imine (C=N–C) groups is 1. The molecule has 2 aromatic rings. The summed E-state index contributed by atoms with van der Waals surface area (Å²) in [4.78, 5) is 4.30. The van der Waals surface area contributed by atoms with Gasteiger partial charge in [-0.15, -0.1) is 24.0 Å². The lowest BCUT2D eigenvalue weighted by Crippen LogP contribution is -2.24. The van der Waals surface area contributed by atoms with E-state index in [0.29, 0.717) is 38.1 Å². The maximum atomic E-state index is 5.99. The zero-order valence-electron chi connectivity index (χ0n) is 16.0. The van der Waals surface area contributed by atoms with Crippen LogP contribution in [-0.2, 0) is 0 Å². The van der Waals surface area contributed by atoms with E-state index in [2.05, 4.69) is 10.3 Å². The van der Waals surface area contributed by atoms with Gasteiger partial charge in [0.2, 0.25) is 0 Å². The van der Waals surface area contributed by atoms with Crippen LogP contribution in [0.15, 0.2) is 47.5 Å². The van der Waals surface area contributed by atoms with E-state index < -0.39 is 0 Å². The number of hydrogen-bond donors (Lipinski definition) is 2. The number of ether oxygens (including phenoxy) is 3. The quantitative estimate of drug-likeness (QED) is 0.241. The first-order chi connectivity index (χ1) is 12.6. The summed E-state index contributed by atoms with van der Waals surface area (Å²) < 4.78 is 16.8. The Labute approximate surface area is 178 Å². The van der Waals surface area contributed by atoms with Crippen LogP contribution >= 0.6 is 24.0 Å². The van der Waals surface area contributed by atoms with Crippen LogP contribution < -0.4 is 25.3 Å². The maximum Gasteiger partial charge on any atom is 0.193 e. The molecule has 0 bridgehead atoms. The number of hydrogen-bond acceptors (Lipinski definition) is 4. The lowest BCUT2D eigenvalue weighted by Gasteiger charge is -2.14. The Morgan fingerprint density at radius 2 is 1.74 bits per heavy atom. The first-order valence-corrected chi connectivity index (χ1v) is 8.78. The van der Waals surface area contributed by atoms with Crippen molar-refractivity contribution in [3.05, 3.63) is 48.0 Å². The Kier molecular flexibility index (Phi) is 10.4.